The van der Waals surface area contributed by atoms with Gasteiger partial charge in [0.2, 0.25) is 0 Å². The summed E-state index contributed by atoms with van der Waals surface area (Å²) >= 11 is 0. The van der Waals surface area contributed by atoms with Gasteiger partial charge in [-0.25, -0.2) is 9.18 Å². The Balaban J connectivity index is 1.49. The maximum Gasteiger partial charge on any atom is 0.322 e. The van der Waals surface area contributed by atoms with Crippen LogP contribution in [0, 0.1) is 23.1 Å². The van der Waals surface area contributed by atoms with Gasteiger partial charge in [0.15, 0.2) is 0 Å². The molecule has 1 saturated carbocycles. The number of allylic oxidation sites excluding steroid dienone is 1. The fourth-order valence-electron chi connectivity index (χ4n) is 4.69. The third kappa shape index (κ3) is 4.19. The molecule has 29 heavy (non-hydrogen) atoms. The van der Waals surface area contributed by atoms with Gasteiger partial charge in [0, 0.05) is 37.1 Å². The van der Waals surface area contributed by atoms with E-state index in [2.05, 4.69) is 30.2 Å². The fraction of sp³-hybridized carbons (Fsp3) is 0.417. The molecule has 0 spiro atoms. The van der Waals surface area contributed by atoms with E-state index in [1.807, 2.05) is 23.1 Å². The van der Waals surface area contributed by atoms with Crippen molar-refractivity contribution in [2.75, 3.05) is 18.4 Å². The van der Waals surface area contributed by atoms with Crippen LogP contribution >= 0.6 is 0 Å². The summed E-state index contributed by atoms with van der Waals surface area (Å²) in [5, 5.41) is 2.86. The number of hydrogen-bond donors (Lipinski definition) is 1. The lowest BCUT2D eigenvalue weighted by Gasteiger charge is -2.57. The monoisotopic (exact) mass is 393 g/mol. The highest BCUT2D eigenvalue weighted by atomic mass is 19.1. The summed E-state index contributed by atoms with van der Waals surface area (Å²) in [7, 11) is 0. The maximum absolute atomic E-state index is 13.5. The number of nitrogens with one attached hydrogen (secondary N) is 1. The second-order valence-corrected chi connectivity index (χ2v) is 8.75. The van der Waals surface area contributed by atoms with Crippen molar-refractivity contribution in [3.05, 3.63) is 71.8 Å². The topological polar surface area (TPSA) is 45.2 Å². The lowest BCUT2D eigenvalue weighted by atomic mass is 9.49. The van der Waals surface area contributed by atoms with E-state index in [1.54, 1.807) is 18.3 Å². The molecule has 1 N–H and O–H groups in total. The minimum Gasteiger partial charge on any atom is -0.320 e. The first kappa shape index (κ1) is 19.6. The van der Waals surface area contributed by atoms with Crippen LogP contribution in [-0.2, 0) is 6.42 Å². The van der Waals surface area contributed by atoms with Crippen molar-refractivity contribution >= 4 is 11.7 Å². The molecule has 3 aliphatic rings. The lowest BCUT2D eigenvalue weighted by molar-refractivity contribution is -0.00949. The number of benzene rings is 1. The summed E-state index contributed by atoms with van der Waals surface area (Å²) < 4.78 is 13.5. The van der Waals surface area contributed by atoms with Gasteiger partial charge in [0.25, 0.3) is 0 Å². The average molecular weight is 394 g/mol. The molecule has 0 aliphatic heterocycles. The summed E-state index contributed by atoms with van der Waals surface area (Å²) in [5.74, 6) is 0.944. The van der Waals surface area contributed by atoms with E-state index < -0.39 is 0 Å². The molecule has 1 aromatic heterocycles. The van der Waals surface area contributed by atoms with Crippen molar-refractivity contribution in [1.29, 1.82) is 0 Å². The zero-order valence-electron chi connectivity index (χ0n) is 17.1. The molecule has 5 heteroatoms. The van der Waals surface area contributed by atoms with Crippen molar-refractivity contribution in [3.63, 3.8) is 0 Å². The second-order valence-electron chi connectivity index (χ2n) is 8.75. The SMILES string of the molecule is CC1(C)C2CC=C(CN(CCc3ccccn3)C(=O)Nc3cccc(F)c3)C1C2. The quantitative estimate of drug-likeness (QED) is 0.678. The maximum atomic E-state index is 13.5. The highest BCUT2D eigenvalue weighted by Crippen LogP contribution is 2.59. The zero-order chi connectivity index (χ0) is 20.4. The highest BCUT2D eigenvalue weighted by molar-refractivity contribution is 5.89. The van der Waals surface area contributed by atoms with Crippen LogP contribution in [0.2, 0.25) is 0 Å². The summed E-state index contributed by atoms with van der Waals surface area (Å²) in [6.07, 6.45) is 7.10. The largest absolute Gasteiger partial charge is 0.322 e. The van der Waals surface area contributed by atoms with Crippen LogP contribution in [0.1, 0.15) is 32.4 Å². The van der Waals surface area contributed by atoms with Gasteiger partial charge in [-0.2, -0.15) is 0 Å². The molecule has 2 unspecified atom stereocenters. The van der Waals surface area contributed by atoms with Crippen LogP contribution in [-0.4, -0.2) is 29.0 Å². The smallest absolute Gasteiger partial charge is 0.320 e. The fourth-order valence-corrected chi connectivity index (χ4v) is 4.69. The first-order chi connectivity index (χ1) is 13.9. The van der Waals surface area contributed by atoms with E-state index in [0.717, 1.165) is 18.0 Å². The Kier molecular flexibility index (Phi) is 5.39. The summed E-state index contributed by atoms with van der Waals surface area (Å²) in [6, 6.07) is 11.6. The molecule has 0 radical (unpaired) electrons. The third-order valence-electron chi connectivity index (χ3n) is 6.68. The number of anilines is 1. The van der Waals surface area contributed by atoms with Crippen LogP contribution < -0.4 is 5.32 Å². The van der Waals surface area contributed by atoms with Crippen molar-refractivity contribution in [1.82, 2.24) is 9.88 Å². The molecule has 2 aromatic rings. The zero-order valence-corrected chi connectivity index (χ0v) is 17.1. The number of nitrogens with zero attached hydrogens (tertiary/aromatic N) is 2. The Morgan fingerprint density at radius 3 is 2.83 bits per heavy atom. The Hall–Kier alpha value is -2.69. The van der Waals surface area contributed by atoms with Crippen LogP contribution in [0.5, 0.6) is 0 Å². The molecule has 3 aliphatic carbocycles. The van der Waals surface area contributed by atoms with E-state index in [1.165, 1.54) is 24.1 Å². The minimum atomic E-state index is -0.361. The highest BCUT2D eigenvalue weighted by Gasteiger charge is 2.51. The second kappa shape index (κ2) is 7.97. The molecule has 1 fully saturated rings. The van der Waals surface area contributed by atoms with E-state index in [0.29, 0.717) is 36.5 Å². The number of hydrogen-bond acceptors (Lipinski definition) is 2. The molecule has 1 heterocycles. The predicted molar refractivity (Wildman–Crippen MR) is 113 cm³/mol. The molecule has 4 nitrogen and oxygen atoms in total. The Bertz CT molecular complexity index is 909. The van der Waals surface area contributed by atoms with Crippen molar-refractivity contribution in [2.45, 2.75) is 33.1 Å². The Labute approximate surface area is 171 Å². The third-order valence-corrected chi connectivity index (χ3v) is 6.68. The molecule has 0 saturated heterocycles. The number of amides is 2. The first-order valence-electron chi connectivity index (χ1n) is 10.3. The minimum absolute atomic E-state index is 0.202. The Morgan fingerprint density at radius 1 is 1.28 bits per heavy atom. The number of fused-ring (bicyclic) bond motifs is 1. The van der Waals surface area contributed by atoms with Crippen LogP contribution in [0.25, 0.3) is 0 Å². The van der Waals surface area contributed by atoms with Gasteiger partial charge in [-0.3, -0.25) is 4.98 Å². The van der Waals surface area contributed by atoms with E-state index in [9.17, 15) is 9.18 Å². The Morgan fingerprint density at radius 2 is 2.14 bits per heavy atom. The van der Waals surface area contributed by atoms with Gasteiger partial charge in [-0.05, 0) is 60.4 Å². The molecule has 5 rings (SSSR count). The van der Waals surface area contributed by atoms with Crippen LogP contribution in [0.15, 0.2) is 60.3 Å². The number of rotatable bonds is 6. The number of carbonyl (C=O) groups excluding carboxylic acids is 1. The number of aromatic nitrogens is 1. The van der Waals surface area contributed by atoms with E-state index in [-0.39, 0.29) is 11.8 Å². The number of halogens is 1. The van der Waals surface area contributed by atoms with Gasteiger partial charge in [-0.15, -0.1) is 0 Å². The predicted octanol–water partition coefficient (Wildman–Crippen LogP) is 5.29. The van der Waals surface area contributed by atoms with Crippen molar-refractivity contribution < 1.29 is 9.18 Å². The normalized spacial score (nSPS) is 21.7. The van der Waals surface area contributed by atoms with Gasteiger partial charge in [0.05, 0.1) is 0 Å². The van der Waals surface area contributed by atoms with Crippen molar-refractivity contribution in [3.8, 4) is 0 Å². The van der Waals surface area contributed by atoms with Crippen LogP contribution in [0.3, 0.4) is 0 Å². The summed E-state index contributed by atoms with van der Waals surface area (Å²) in [4.78, 5) is 19.3. The van der Waals surface area contributed by atoms with Gasteiger partial charge in [-0.1, -0.05) is 37.6 Å². The molecular weight excluding hydrogens is 365 g/mol. The molecule has 1 aromatic carbocycles. The molecule has 2 amide bonds. The van der Waals surface area contributed by atoms with Gasteiger partial charge < -0.3 is 10.2 Å². The standard InChI is InChI=1S/C24H28FN3O/c1-24(2)18-10-9-17(22(24)14-18)16-28(13-11-20-7-3-4-12-26-20)23(29)27-21-8-5-6-19(25)15-21/h3-9,12,15,18,22H,10-11,13-14,16H2,1-2H3,(H,27,29). The van der Waals surface area contributed by atoms with E-state index >= 15 is 0 Å². The van der Waals surface area contributed by atoms with Crippen LogP contribution in [0.4, 0.5) is 14.9 Å². The molecular formula is C24H28FN3O. The van der Waals surface area contributed by atoms with Gasteiger partial charge >= 0.3 is 6.03 Å². The number of urea groups is 1. The first-order valence-corrected chi connectivity index (χ1v) is 10.3. The summed E-state index contributed by atoms with van der Waals surface area (Å²) in [5.41, 5.74) is 3.10. The lowest BCUT2D eigenvalue weighted by Crippen LogP contribution is -2.50. The summed E-state index contributed by atoms with van der Waals surface area (Å²) in [6.45, 7) is 5.84. The average Bonchev–Trinajstić information content (AvgIpc) is 2.71. The molecule has 2 atom stereocenters. The molecule has 2 bridgehead atoms. The van der Waals surface area contributed by atoms with E-state index in [4.69, 9.17) is 0 Å². The number of carbonyl (C=O) groups is 1. The number of pyridine rings is 1. The van der Waals surface area contributed by atoms with Crippen molar-refractivity contribution in [2.24, 2.45) is 17.3 Å². The molecule has 152 valence electrons. The van der Waals surface area contributed by atoms with Gasteiger partial charge in [0.1, 0.15) is 5.82 Å².